The number of nitrogens with zero attached hydrogens (tertiary/aromatic N) is 1. The van der Waals surface area contributed by atoms with Gasteiger partial charge >= 0.3 is 5.97 Å². The molecule has 4 heteroatoms. The molecule has 1 N–H and O–H groups in total. The first-order valence-corrected chi connectivity index (χ1v) is 7.64. The van der Waals surface area contributed by atoms with Crippen LogP contribution < -0.4 is 0 Å². The van der Waals surface area contributed by atoms with Crippen molar-refractivity contribution in [2.24, 2.45) is 0 Å². The third-order valence-corrected chi connectivity index (χ3v) is 4.97. The number of rotatable bonds is 2. The number of hydrogen-bond acceptors (Lipinski definition) is 2. The van der Waals surface area contributed by atoms with Crippen LogP contribution in [0.5, 0.6) is 0 Å². The molecule has 0 saturated heterocycles. The van der Waals surface area contributed by atoms with E-state index in [1.54, 1.807) is 12.1 Å². The maximum absolute atomic E-state index is 12.9. The van der Waals surface area contributed by atoms with Crippen LogP contribution in [0, 0.1) is 0 Å². The number of carboxylic acids is 1. The summed E-state index contributed by atoms with van der Waals surface area (Å²) in [4.78, 5) is 26.8. The molecule has 1 unspecified atom stereocenters. The molecule has 2 aliphatic rings. The smallest absolute Gasteiger partial charge is 0.313 e. The standard InChI is InChI=1S/C17H21NO3/c1-11(2)18-15(19)13-8-4-3-7-12(13)14(16(20)21)17(18)9-5-6-10-17/h3-4,7-8,11,14H,5-6,9-10H2,1-2H3,(H,20,21). The Balaban J connectivity index is 2.26. The molecule has 1 aromatic carbocycles. The molecule has 0 aromatic heterocycles. The molecular weight excluding hydrogens is 266 g/mol. The zero-order chi connectivity index (χ0) is 15.2. The summed E-state index contributed by atoms with van der Waals surface area (Å²) >= 11 is 0. The van der Waals surface area contributed by atoms with Crippen molar-refractivity contribution < 1.29 is 14.7 Å². The van der Waals surface area contributed by atoms with Crippen molar-refractivity contribution in [3.8, 4) is 0 Å². The highest BCUT2D eigenvalue weighted by atomic mass is 16.4. The van der Waals surface area contributed by atoms with Crippen LogP contribution >= 0.6 is 0 Å². The van der Waals surface area contributed by atoms with E-state index in [9.17, 15) is 14.7 Å². The van der Waals surface area contributed by atoms with Gasteiger partial charge in [0.15, 0.2) is 0 Å². The van der Waals surface area contributed by atoms with E-state index in [2.05, 4.69) is 0 Å². The van der Waals surface area contributed by atoms with Crippen LogP contribution in [0.1, 0.15) is 61.4 Å². The molecule has 1 heterocycles. The zero-order valence-electron chi connectivity index (χ0n) is 12.5. The van der Waals surface area contributed by atoms with Crippen LogP contribution in [0.2, 0.25) is 0 Å². The fraction of sp³-hybridized carbons (Fsp3) is 0.529. The van der Waals surface area contributed by atoms with Gasteiger partial charge in [-0.3, -0.25) is 9.59 Å². The third-order valence-electron chi connectivity index (χ3n) is 4.97. The molecule has 1 amide bonds. The molecule has 0 radical (unpaired) electrons. The van der Waals surface area contributed by atoms with Crippen LogP contribution in [0.3, 0.4) is 0 Å². The van der Waals surface area contributed by atoms with Gasteiger partial charge in [0, 0.05) is 11.6 Å². The van der Waals surface area contributed by atoms with Crippen molar-refractivity contribution >= 4 is 11.9 Å². The normalized spacial score (nSPS) is 23.7. The van der Waals surface area contributed by atoms with E-state index >= 15 is 0 Å². The van der Waals surface area contributed by atoms with Gasteiger partial charge in [0.1, 0.15) is 5.92 Å². The number of aliphatic carboxylic acids is 1. The molecule has 1 spiro atoms. The first-order chi connectivity index (χ1) is 9.99. The van der Waals surface area contributed by atoms with Crippen LogP contribution in [0.4, 0.5) is 0 Å². The van der Waals surface area contributed by atoms with Crippen LogP contribution in [0.25, 0.3) is 0 Å². The summed E-state index contributed by atoms with van der Waals surface area (Å²) in [5.41, 5.74) is 0.691. The molecule has 1 fully saturated rings. The Kier molecular flexibility index (Phi) is 3.27. The average Bonchev–Trinajstić information content (AvgIpc) is 2.87. The lowest BCUT2D eigenvalue weighted by Gasteiger charge is -2.51. The lowest BCUT2D eigenvalue weighted by Crippen LogP contribution is -2.61. The molecule has 112 valence electrons. The summed E-state index contributed by atoms with van der Waals surface area (Å²) in [6.07, 6.45) is 3.54. The molecular formula is C17H21NO3. The topological polar surface area (TPSA) is 57.6 Å². The van der Waals surface area contributed by atoms with Crippen LogP contribution in [-0.2, 0) is 4.79 Å². The monoisotopic (exact) mass is 287 g/mol. The van der Waals surface area contributed by atoms with Gasteiger partial charge in [-0.25, -0.2) is 0 Å². The van der Waals surface area contributed by atoms with E-state index in [0.717, 1.165) is 25.7 Å². The number of carbonyl (C=O) groups excluding carboxylic acids is 1. The van der Waals surface area contributed by atoms with Crippen molar-refractivity contribution in [2.45, 2.75) is 57.0 Å². The fourth-order valence-corrected chi connectivity index (χ4v) is 4.33. The quantitative estimate of drug-likeness (QED) is 0.909. The first-order valence-electron chi connectivity index (χ1n) is 7.64. The van der Waals surface area contributed by atoms with E-state index in [-0.39, 0.29) is 11.9 Å². The Hall–Kier alpha value is -1.84. The first kappa shape index (κ1) is 14.1. The lowest BCUT2D eigenvalue weighted by molar-refractivity contribution is -0.143. The number of fused-ring (bicyclic) bond motifs is 1. The van der Waals surface area contributed by atoms with Gasteiger partial charge in [-0.2, -0.15) is 0 Å². The predicted molar refractivity (Wildman–Crippen MR) is 79.3 cm³/mol. The lowest BCUT2D eigenvalue weighted by atomic mass is 9.71. The summed E-state index contributed by atoms with van der Waals surface area (Å²) in [5, 5.41) is 9.86. The van der Waals surface area contributed by atoms with Gasteiger partial charge in [-0.15, -0.1) is 0 Å². The van der Waals surface area contributed by atoms with Crippen LogP contribution in [-0.4, -0.2) is 33.5 Å². The van der Waals surface area contributed by atoms with Gasteiger partial charge < -0.3 is 10.0 Å². The Morgan fingerprint density at radius 3 is 2.48 bits per heavy atom. The summed E-state index contributed by atoms with van der Waals surface area (Å²) in [6.45, 7) is 3.95. The predicted octanol–water partition coefficient (Wildman–Crippen LogP) is 3.03. The van der Waals surface area contributed by atoms with Gasteiger partial charge in [0.25, 0.3) is 5.91 Å². The summed E-state index contributed by atoms with van der Waals surface area (Å²) in [6, 6.07) is 7.20. The van der Waals surface area contributed by atoms with Gasteiger partial charge in [0.05, 0.1) is 5.54 Å². The summed E-state index contributed by atoms with van der Waals surface area (Å²) < 4.78 is 0. The van der Waals surface area contributed by atoms with Gasteiger partial charge in [-0.1, -0.05) is 31.0 Å². The molecule has 0 bridgehead atoms. The highest BCUT2D eigenvalue weighted by molar-refractivity contribution is 6.01. The molecule has 1 aliphatic heterocycles. The number of carbonyl (C=O) groups is 2. The van der Waals surface area contributed by atoms with Gasteiger partial charge in [0.2, 0.25) is 0 Å². The number of amides is 1. The SMILES string of the molecule is CC(C)N1C(=O)c2ccccc2C(C(=O)O)C12CCCC2. The molecule has 3 rings (SSSR count). The highest BCUT2D eigenvalue weighted by Crippen LogP contribution is 2.51. The number of benzene rings is 1. The number of hydrogen-bond donors (Lipinski definition) is 1. The maximum atomic E-state index is 12.9. The Bertz CT molecular complexity index is 587. The Labute approximate surface area is 124 Å². The zero-order valence-corrected chi connectivity index (χ0v) is 12.5. The van der Waals surface area contributed by atoms with E-state index < -0.39 is 17.4 Å². The molecule has 4 nitrogen and oxygen atoms in total. The van der Waals surface area contributed by atoms with E-state index in [1.165, 1.54) is 0 Å². The molecule has 1 aromatic rings. The molecule has 21 heavy (non-hydrogen) atoms. The second-order valence-corrected chi connectivity index (χ2v) is 6.44. The average molecular weight is 287 g/mol. The number of carboxylic acid groups (broad SMARTS) is 1. The largest absolute Gasteiger partial charge is 0.481 e. The third kappa shape index (κ3) is 1.88. The van der Waals surface area contributed by atoms with Crippen molar-refractivity contribution in [3.63, 3.8) is 0 Å². The minimum absolute atomic E-state index is 0.00538. The fourth-order valence-electron chi connectivity index (χ4n) is 4.33. The van der Waals surface area contributed by atoms with Crippen molar-refractivity contribution in [3.05, 3.63) is 35.4 Å². The van der Waals surface area contributed by atoms with E-state index in [0.29, 0.717) is 11.1 Å². The second-order valence-electron chi connectivity index (χ2n) is 6.44. The van der Waals surface area contributed by atoms with Crippen molar-refractivity contribution in [1.29, 1.82) is 0 Å². The van der Waals surface area contributed by atoms with E-state index in [4.69, 9.17) is 0 Å². The molecule has 1 saturated carbocycles. The van der Waals surface area contributed by atoms with Crippen molar-refractivity contribution in [2.75, 3.05) is 0 Å². The Morgan fingerprint density at radius 1 is 1.29 bits per heavy atom. The van der Waals surface area contributed by atoms with Crippen molar-refractivity contribution in [1.82, 2.24) is 4.90 Å². The molecule has 1 aliphatic carbocycles. The molecule has 1 atom stereocenters. The summed E-state index contributed by atoms with van der Waals surface area (Å²) in [5.74, 6) is -1.45. The minimum atomic E-state index is -0.817. The second kappa shape index (κ2) is 4.86. The maximum Gasteiger partial charge on any atom is 0.313 e. The minimum Gasteiger partial charge on any atom is -0.481 e. The highest BCUT2D eigenvalue weighted by Gasteiger charge is 2.56. The van der Waals surface area contributed by atoms with E-state index in [1.807, 2.05) is 30.9 Å². The van der Waals surface area contributed by atoms with Gasteiger partial charge in [-0.05, 0) is 38.3 Å². The van der Waals surface area contributed by atoms with Crippen LogP contribution in [0.15, 0.2) is 24.3 Å². The Morgan fingerprint density at radius 2 is 1.90 bits per heavy atom. The summed E-state index contributed by atoms with van der Waals surface area (Å²) in [7, 11) is 0.